The molecule has 24 heavy (non-hydrogen) atoms. The average Bonchev–Trinajstić information content (AvgIpc) is 3.21. The van der Waals surface area contributed by atoms with Gasteiger partial charge in [0.2, 0.25) is 6.43 Å². The number of dihydropyridines is 1. The van der Waals surface area contributed by atoms with Crippen molar-refractivity contribution in [2.75, 3.05) is 0 Å². The number of hydrogen-bond donors (Lipinski definition) is 0. The molecule has 1 fully saturated rings. The van der Waals surface area contributed by atoms with Crippen LogP contribution in [0.1, 0.15) is 18.4 Å². The Labute approximate surface area is 138 Å². The second kappa shape index (κ2) is 5.61. The molecule has 1 amide bonds. The maximum Gasteiger partial charge on any atom is 0.273 e. The van der Waals surface area contributed by atoms with E-state index in [-0.39, 0.29) is 18.4 Å². The summed E-state index contributed by atoms with van der Waals surface area (Å²) in [6.45, 7) is 0.232. The summed E-state index contributed by atoms with van der Waals surface area (Å²) in [6, 6.07) is 0. The third-order valence-electron chi connectivity index (χ3n) is 4.84. The summed E-state index contributed by atoms with van der Waals surface area (Å²) in [5.74, 6) is -0.202. The van der Waals surface area contributed by atoms with Gasteiger partial charge >= 0.3 is 0 Å². The highest BCUT2D eigenvalue weighted by molar-refractivity contribution is 6.13. The third-order valence-corrected chi connectivity index (χ3v) is 4.84. The van der Waals surface area contributed by atoms with Gasteiger partial charge in [-0.3, -0.25) is 9.48 Å². The molecule has 0 bridgehead atoms. The lowest BCUT2D eigenvalue weighted by atomic mass is 9.91. The van der Waals surface area contributed by atoms with Gasteiger partial charge in [0.05, 0.1) is 23.9 Å². The van der Waals surface area contributed by atoms with Gasteiger partial charge in [0.15, 0.2) is 0 Å². The molecular weight excluding hydrogens is 312 g/mol. The van der Waals surface area contributed by atoms with Crippen LogP contribution in [-0.4, -0.2) is 27.8 Å². The van der Waals surface area contributed by atoms with Crippen LogP contribution >= 0.6 is 0 Å². The van der Waals surface area contributed by atoms with E-state index in [1.54, 1.807) is 17.1 Å². The van der Waals surface area contributed by atoms with Crippen LogP contribution in [0.4, 0.5) is 8.78 Å². The fraction of sp³-hybridized carbons (Fsp3) is 0.389. The van der Waals surface area contributed by atoms with Gasteiger partial charge in [0.1, 0.15) is 0 Å². The van der Waals surface area contributed by atoms with E-state index in [0.29, 0.717) is 24.8 Å². The zero-order valence-corrected chi connectivity index (χ0v) is 13.0. The van der Waals surface area contributed by atoms with Crippen molar-refractivity contribution in [1.82, 2.24) is 9.78 Å². The zero-order chi connectivity index (χ0) is 16.7. The number of aliphatic imine (C=N–C) groups is 1. The van der Waals surface area contributed by atoms with Crippen LogP contribution in [0.5, 0.6) is 0 Å². The fourth-order valence-electron chi connectivity index (χ4n) is 3.14. The average molecular weight is 329 g/mol. The van der Waals surface area contributed by atoms with Gasteiger partial charge in [-0.25, -0.2) is 13.8 Å². The molecule has 0 radical (unpaired) electrons. The molecule has 0 spiro atoms. The predicted octanol–water partition coefficient (Wildman–Crippen LogP) is 3.12. The van der Waals surface area contributed by atoms with E-state index in [9.17, 15) is 13.6 Å². The van der Waals surface area contributed by atoms with Crippen LogP contribution < -0.4 is 0 Å². The van der Waals surface area contributed by atoms with Crippen molar-refractivity contribution in [1.29, 1.82) is 0 Å². The van der Waals surface area contributed by atoms with E-state index in [0.717, 1.165) is 11.3 Å². The first kappa shape index (κ1) is 15.2. The fourth-order valence-corrected chi connectivity index (χ4v) is 3.14. The summed E-state index contributed by atoms with van der Waals surface area (Å²) in [7, 11) is 0. The minimum atomic E-state index is -2.31. The van der Waals surface area contributed by atoms with E-state index in [1.807, 2.05) is 30.4 Å². The van der Waals surface area contributed by atoms with Crippen LogP contribution in [0.15, 0.2) is 53.3 Å². The summed E-state index contributed by atoms with van der Waals surface area (Å²) in [6.07, 6.45) is 12.2. The van der Waals surface area contributed by atoms with Gasteiger partial charge in [-0.15, -0.1) is 0 Å². The molecule has 1 aliphatic heterocycles. The van der Waals surface area contributed by atoms with Crippen molar-refractivity contribution in [2.45, 2.75) is 32.2 Å². The molecule has 4 rings (SSSR count). The molecule has 3 aliphatic rings. The van der Waals surface area contributed by atoms with E-state index in [2.05, 4.69) is 10.1 Å². The van der Waals surface area contributed by atoms with Crippen LogP contribution in [0.2, 0.25) is 0 Å². The number of fused-ring (bicyclic) bond motifs is 1. The highest BCUT2D eigenvalue weighted by atomic mass is 19.3. The lowest BCUT2D eigenvalue weighted by Gasteiger charge is -2.18. The van der Waals surface area contributed by atoms with Gasteiger partial charge in [-0.1, -0.05) is 24.3 Å². The lowest BCUT2D eigenvalue weighted by molar-refractivity contribution is -0.114. The maximum atomic E-state index is 13.0. The number of allylic oxidation sites excluding steroid dienone is 5. The van der Waals surface area contributed by atoms with Crippen LogP contribution in [-0.2, 0) is 17.8 Å². The monoisotopic (exact) mass is 329 g/mol. The van der Waals surface area contributed by atoms with Gasteiger partial charge in [-0.05, 0) is 24.5 Å². The first-order chi connectivity index (χ1) is 11.6. The number of aromatic nitrogens is 2. The van der Waals surface area contributed by atoms with Crippen molar-refractivity contribution in [3.8, 4) is 0 Å². The first-order valence-electron chi connectivity index (χ1n) is 8.04. The summed E-state index contributed by atoms with van der Waals surface area (Å²) in [5.41, 5.74) is 1.32. The van der Waals surface area contributed by atoms with Crippen LogP contribution in [0.3, 0.4) is 0 Å². The molecule has 2 aliphatic carbocycles. The van der Waals surface area contributed by atoms with E-state index < -0.39 is 11.8 Å². The summed E-state index contributed by atoms with van der Waals surface area (Å²) in [5, 5.41) is 4.18. The molecule has 0 N–H and O–H groups in total. The summed E-state index contributed by atoms with van der Waals surface area (Å²) in [4.78, 5) is 16.3. The second-order valence-electron chi connectivity index (χ2n) is 6.69. The topological polar surface area (TPSA) is 47.2 Å². The molecule has 4 nitrogen and oxygen atoms in total. The number of carbonyl (C=O) groups excluding carboxylic acids is 1. The molecule has 0 aromatic carbocycles. The lowest BCUT2D eigenvalue weighted by Crippen LogP contribution is -2.20. The maximum absolute atomic E-state index is 13.0. The molecule has 1 atom stereocenters. The zero-order valence-electron chi connectivity index (χ0n) is 13.0. The van der Waals surface area contributed by atoms with Crippen molar-refractivity contribution in [3.05, 3.63) is 53.9 Å². The molecule has 1 saturated carbocycles. The normalized spacial score (nSPS) is 24.0. The highest BCUT2D eigenvalue weighted by Crippen LogP contribution is 2.51. The molecular formula is C18H17F2N3O. The number of halogens is 2. The molecule has 2 heterocycles. The Morgan fingerprint density at radius 1 is 1.33 bits per heavy atom. The molecule has 0 saturated heterocycles. The Bertz CT molecular complexity index is 797. The van der Waals surface area contributed by atoms with Crippen molar-refractivity contribution in [3.63, 3.8) is 0 Å². The second-order valence-corrected chi connectivity index (χ2v) is 6.69. The third kappa shape index (κ3) is 2.77. The Balaban J connectivity index is 1.47. The summed E-state index contributed by atoms with van der Waals surface area (Å²) < 4.78 is 27.6. The summed E-state index contributed by atoms with van der Waals surface area (Å²) >= 11 is 0. The van der Waals surface area contributed by atoms with Crippen molar-refractivity contribution < 1.29 is 13.6 Å². The van der Waals surface area contributed by atoms with Crippen molar-refractivity contribution in [2.24, 2.45) is 16.3 Å². The van der Waals surface area contributed by atoms with Gasteiger partial charge in [-0.2, -0.15) is 5.10 Å². The van der Waals surface area contributed by atoms with Crippen LogP contribution in [0.25, 0.3) is 0 Å². The van der Waals surface area contributed by atoms with Gasteiger partial charge in [0, 0.05) is 24.1 Å². The quantitative estimate of drug-likeness (QED) is 0.833. The minimum Gasteiger partial charge on any atom is -0.272 e. The first-order valence-corrected chi connectivity index (χ1v) is 8.04. The highest BCUT2D eigenvalue weighted by Gasteiger charge is 2.51. The number of nitrogens with zero attached hydrogens (tertiary/aromatic N) is 3. The molecule has 1 unspecified atom stereocenters. The Kier molecular flexibility index (Phi) is 3.55. The molecule has 1 aromatic rings. The van der Waals surface area contributed by atoms with Crippen molar-refractivity contribution >= 4 is 11.6 Å². The smallest absolute Gasteiger partial charge is 0.272 e. The standard InChI is InChI=1S/C18H17F2N3O/c19-17(20)18(5-6-18)11-23-10-12(9-21-23)7-14-8-13-3-1-2-4-15(13)22-16(14)24/h1-4,8-10,13,17H,5-7,11H2. The molecule has 124 valence electrons. The van der Waals surface area contributed by atoms with E-state index >= 15 is 0 Å². The Morgan fingerprint density at radius 3 is 2.92 bits per heavy atom. The minimum absolute atomic E-state index is 0.0336. The molecule has 6 heteroatoms. The molecule has 1 aromatic heterocycles. The Hall–Kier alpha value is -2.37. The number of carbonyl (C=O) groups is 1. The van der Waals surface area contributed by atoms with Crippen LogP contribution in [0, 0.1) is 11.3 Å². The SMILES string of the molecule is O=C1N=C2C=CC=CC2C=C1Cc1cnn(CC2(C(F)F)CC2)c1. The Morgan fingerprint density at radius 2 is 2.17 bits per heavy atom. The number of hydrogen-bond acceptors (Lipinski definition) is 2. The van der Waals surface area contributed by atoms with E-state index in [1.165, 1.54) is 0 Å². The largest absolute Gasteiger partial charge is 0.273 e. The van der Waals surface area contributed by atoms with E-state index in [4.69, 9.17) is 0 Å². The number of rotatable bonds is 5. The number of amides is 1. The predicted molar refractivity (Wildman–Crippen MR) is 85.9 cm³/mol. The van der Waals surface area contributed by atoms with Gasteiger partial charge < -0.3 is 0 Å². The van der Waals surface area contributed by atoms with Gasteiger partial charge in [0.25, 0.3) is 5.91 Å². The number of alkyl halides is 2.